The number of likely N-dealkylation sites (tertiary alicyclic amines) is 1. The Labute approximate surface area is 116 Å². The van der Waals surface area contributed by atoms with Crippen LogP contribution in [-0.4, -0.2) is 49.7 Å². The largest absolute Gasteiger partial charge is 0.379 e. The van der Waals surface area contributed by atoms with Crippen LogP contribution in [0.2, 0.25) is 0 Å². The van der Waals surface area contributed by atoms with Crippen LogP contribution in [0.4, 0.5) is 0 Å². The highest BCUT2D eigenvalue weighted by Gasteiger charge is 2.36. The fourth-order valence-electron chi connectivity index (χ4n) is 3.35. The van der Waals surface area contributed by atoms with Gasteiger partial charge in [-0.25, -0.2) is 0 Å². The number of rotatable bonds is 5. The predicted octanol–water partition coefficient (Wildman–Crippen LogP) is 1.65. The first-order valence-corrected chi connectivity index (χ1v) is 7.86. The second-order valence-corrected chi connectivity index (χ2v) is 5.87. The van der Waals surface area contributed by atoms with E-state index >= 15 is 0 Å². The van der Waals surface area contributed by atoms with Gasteiger partial charge in [0.15, 0.2) is 0 Å². The van der Waals surface area contributed by atoms with E-state index in [0.29, 0.717) is 19.1 Å². The summed E-state index contributed by atoms with van der Waals surface area (Å²) in [5.41, 5.74) is 0. The first-order chi connectivity index (χ1) is 9.26. The minimum absolute atomic E-state index is 0.0303. The zero-order valence-electron chi connectivity index (χ0n) is 12.4. The molecule has 0 spiro atoms. The van der Waals surface area contributed by atoms with Crippen molar-refractivity contribution in [2.45, 2.75) is 45.6 Å². The van der Waals surface area contributed by atoms with Crippen LogP contribution in [0.3, 0.4) is 0 Å². The molecule has 1 amide bonds. The molecule has 2 aliphatic rings. The van der Waals surface area contributed by atoms with Crippen LogP contribution in [0, 0.1) is 11.8 Å². The van der Waals surface area contributed by atoms with E-state index in [2.05, 4.69) is 24.1 Å². The van der Waals surface area contributed by atoms with Crippen molar-refractivity contribution in [3.63, 3.8) is 0 Å². The Morgan fingerprint density at radius 3 is 2.63 bits per heavy atom. The summed E-state index contributed by atoms with van der Waals surface area (Å²) in [6, 6.07) is 0.214. The number of piperidine rings is 1. The van der Waals surface area contributed by atoms with Crippen LogP contribution in [-0.2, 0) is 9.53 Å². The SMILES string of the molecule is CCCC1CCN(C(=O)C2COCC2NCC)CC1. The minimum Gasteiger partial charge on any atom is -0.379 e. The maximum atomic E-state index is 12.6. The molecule has 0 bridgehead atoms. The van der Waals surface area contributed by atoms with Crippen molar-refractivity contribution in [3.8, 4) is 0 Å². The van der Waals surface area contributed by atoms with E-state index in [1.807, 2.05) is 0 Å². The Hall–Kier alpha value is -0.610. The van der Waals surface area contributed by atoms with Gasteiger partial charge in [-0.3, -0.25) is 4.79 Å². The third-order valence-corrected chi connectivity index (χ3v) is 4.49. The number of hydrogen-bond acceptors (Lipinski definition) is 3. The van der Waals surface area contributed by atoms with Gasteiger partial charge < -0.3 is 15.0 Å². The van der Waals surface area contributed by atoms with Crippen molar-refractivity contribution >= 4 is 5.91 Å². The van der Waals surface area contributed by atoms with Crippen LogP contribution < -0.4 is 5.32 Å². The fourth-order valence-corrected chi connectivity index (χ4v) is 3.35. The Morgan fingerprint density at radius 2 is 2.00 bits per heavy atom. The predicted molar refractivity (Wildman–Crippen MR) is 76.0 cm³/mol. The standard InChI is InChI=1S/C15H28N2O2/c1-3-5-12-6-8-17(9-7-12)15(18)13-10-19-11-14(13)16-4-2/h12-14,16H,3-11H2,1-2H3. The van der Waals surface area contributed by atoms with Crippen LogP contribution in [0.25, 0.3) is 0 Å². The van der Waals surface area contributed by atoms with Gasteiger partial charge in [-0.15, -0.1) is 0 Å². The molecule has 0 aromatic carbocycles. The smallest absolute Gasteiger partial charge is 0.229 e. The monoisotopic (exact) mass is 268 g/mol. The van der Waals surface area contributed by atoms with Crippen molar-refractivity contribution in [1.82, 2.24) is 10.2 Å². The maximum Gasteiger partial charge on any atom is 0.229 e. The summed E-state index contributed by atoms with van der Waals surface area (Å²) < 4.78 is 5.48. The molecule has 2 saturated heterocycles. The van der Waals surface area contributed by atoms with E-state index in [1.165, 1.54) is 25.7 Å². The van der Waals surface area contributed by atoms with E-state index in [0.717, 1.165) is 25.6 Å². The lowest BCUT2D eigenvalue weighted by atomic mass is 9.91. The molecule has 0 aromatic rings. The summed E-state index contributed by atoms with van der Waals surface area (Å²) in [6.45, 7) is 8.38. The fraction of sp³-hybridized carbons (Fsp3) is 0.933. The van der Waals surface area contributed by atoms with Crippen molar-refractivity contribution in [1.29, 1.82) is 0 Å². The molecule has 0 aliphatic carbocycles. The van der Waals surface area contributed by atoms with Gasteiger partial charge in [0.2, 0.25) is 5.91 Å². The normalized spacial score (nSPS) is 28.8. The summed E-state index contributed by atoms with van der Waals surface area (Å²) >= 11 is 0. The number of nitrogens with zero attached hydrogens (tertiary/aromatic N) is 1. The average Bonchev–Trinajstić information content (AvgIpc) is 2.88. The topological polar surface area (TPSA) is 41.6 Å². The quantitative estimate of drug-likeness (QED) is 0.824. The van der Waals surface area contributed by atoms with Crippen molar-refractivity contribution in [2.24, 2.45) is 11.8 Å². The number of likely N-dealkylation sites (N-methyl/N-ethyl adjacent to an activating group) is 1. The zero-order chi connectivity index (χ0) is 13.7. The van der Waals surface area contributed by atoms with Gasteiger partial charge >= 0.3 is 0 Å². The van der Waals surface area contributed by atoms with Gasteiger partial charge in [0.25, 0.3) is 0 Å². The molecule has 2 heterocycles. The average molecular weight is 268 g/mol. The Bertz CT molecular complexity index is 288. The summed E-state index contributed by atoms with van der Waals surface area (Å²) in [6.07, 6.45) is 4.93. The number of carbonyl (C=O) groups excluding carboxylic acids is 1. The second kappa shape index (κ2) is 7.25. The Kier molecular flexibility index (Phi) is 5.64. The molecule has 2 unspecified atom stereocenters. The highest BCUT2D eigenvalue weighted by Crippen LogP contribution is 2.24. The lowest BCUT2D eigenvalue weighted by Crippen LogP contribution is -2.48. The summed E-state index contributed by atoms with van der Waals surface area (Å²) in [5, 5.41) is 3.37. The number of ether oxygens (including phenoxy) is 1. The molecular weight excluding hydrogens is 240 g/mol. The Balaban J connectivity index is 1.83. The lowest BCUT2D eigenvalue weighted by molar-refractivity contribution is -0.137. The molecule has 0 radical (unpaired) electrons. The van der Waals surface area contributed by atoms with E-state index in [4.69, 9.17) is 4.74 Å². The van der Waals surface area contributed by atoms with Crippen LogP contribution in [0.1, 0.15) is 39.5 Å². The molecule has 2 aliphatic heterocycles. The van der Waals surface area contributed by atoms with Crippen molar-refractivity contribution in [3.05, 3.63) is 0 Å². The molecule has 0 saturated carbocycles. The number of hydrogen-bond donors (Lipinski definition) is 1. The molecule has 4 heteroatoms. The molecule has 2 atom stereocenters. The highest BCUT2D eigenvalue weighted by molar-refractivity contribution is 5.80. The van der Waals surface area contributed by atoms with Crippen LogP contribution >= 0.6 is 0 Å². The van der Waals surface area contributed by atoms with E-state index < -0.39 is 0 Å². The molecule has 2 fully saturated rings. The van der Waals surface area contributed by atoms with Gasteiger partial charge in [0.1, 0.15) is 0 Å². The summed E-state index contributed by atoms with van der Waals surface area (Å²) in [5.74, 6) is 1.17. The first kappa shape index (κ1) is 14.8. The molecule has 1 N–H and O–H groups in total. The van der Waals surface area contributed by atoms with Crippen molar-refractivity contribution < 1.29 is 9.53 Å². The molecule has 110 valence electrons. The van der Waals surface area contributed by atoms with Gasteiger partial charge in [-0.1, -0.05) is 26.7 Å². The van der Waals surface area contributed by atoms with Gasteiger partial charge in [-0.05, 0) is 25.3 Å². The Morgan fingerprint density at radius 1 is 1.26 bits per heavy atom. The highest BCUT2D eigenvalue weighted by atomic mass is 16.5. The molecule has 4 nitrogen and oxygen atoms in total. The van der Waals surface area contributed by atoms with Crippen LogP contribution in [0.15, 0.2) is 0 Å². The van der Waals surface area contributed by atoms with Gasteiger partial charge in [-0.2, -0.15) is 0 Å². The first-order valence-electron chi connectivity index (χ1n) is 7.86. The third kappa shape index (κ3) is 3.69. The minimum atomic E-state index is 0.0303. The molecule has 0 aromatic heterocycles. The van der Waals surface area contributed by atoms with Gasteiger partial charge in [0, 0.05) is 19.1 Å². The number of carbonyl (C=O) groups is 1. The molecular formula is C15H28N2O2. The second-order valence-electron chi connectivity index (χ2n) is 5.87. The van der Waals surface area contributed by atoms with E-state index in [1.54, 1.807) is 0 Å². The maximum absolute atomic E-state index is 12.6. The summed E-state index contributed by atoms with van der Waals surface area (Å²) in [7, 11) is 0. The summed E-state index contributed by atoms with van der Waals surface area (Å²) in [4.78, 5) is 14.6. The lowest BCUT2D eigenvalue weighted by Gasteiger charge is -2.34. The third-order valence-electron chi connectivity index (χ3n) is 4.49. The molecule has 2 rings (SSSR count). The van der Waals surface area contributed by atoms with E-state index in [9.17, 15) is 4.79 Å². The molecule has 19 heavy (non-hydrogen) atoms. The number of amides is 1. The van der Waals surface area contributed by atoms with Crippen molar-refractivity contribution in [2.75, 3.05) is 32.8 Å². The van der Waals surface area contributed by atoms with Gasteiger partial charge in [0.05, 0.1) is 19.1 Å². The van der Waals surface area contributed by atoms with Crippen LogP contribution in [0.5, 0.6) is 0 Å². The zero-order valence-corrected chi connectivity index (χ0v) is 12.4. The number of nitrogens with one attached hydrogen (secondary N) is 1. The van der Waals surface area contributed by atoms with E-state index in [-0.39, 0.29) is 12.0 Å².